The Morgan fingerprint density at radius 3 is 2.50 bits per heavy atom. The second-order valence-corrected chi connectivity index (χ2v) is 5.74. The predicted molar refractivity (Wildman–Crippen MR) is 83.2 cm³/mol. The van der Waals surface area contributed by atoms with Crippen LogP contribution in [-0.2, 0) is 12.8 Å². The first-order valence-electron chi connectivity index (χ1n) is 6.80. The van der Waals surface area contributed by atoms with Crippen molar-refractivity contribution in [3.05, 3.63) is 64.5 Å². The minimum Gasteiger partial charge on any atom is -0.484 e. The Kier molecular flexibility index (Phi) is 4.57. The average molecular weight is 399 g/mol. The van der Waals surface area contributed by atoms with Crippen LogP contribution in [0.25, 0.3) is 11.5 Å². The third kappa shape index (κ3) is 3.94. The average Bonchev–Trinajstić information content (AvgIpc) is 3.02. The molecule has 24 heavy (non-hydrogen) atoms. The van der Waals surface area contributed by atoms with E-state index in [4.69, 9.17) is 9.15 Å². The van der Waals surface area contributed by atoms with E-state index in [0.717, 1.165) is 22.2 Å². The largest absolute Gasteiger partial charge is 0.484 e. The van der Waals surface area contributed by atoms with E-state index in [9.17, 15) is 13.2 Å². The van der Waals surface area contributed by atoms with Gasteiger partial charge >= 0.3 is 6.18 Å². The highest BCUT2D eigenvalue weighted by molar-refractivity contribution is 9.10. The van der Waals surface area contributed by atoms with Gasteiger partial charge in [0.25, 0.3) is 5.89 Å². The first kappa shape index (κ1) is 16.5. The molecule has 1 heterocycles. The molecule has 124 valence electrons. The molecule has 8 heteroatoms. The second kappa shape index (κ2) is 6.64. The van der Waals surface area contributed by atoms with E-state index in [2.05, 4.69) is 26.1 Å². The molecule has 0 aliphatic carbocycles. The van der Waals surface area contributed by atoms with Crippen molar-refractivity contribution in [2.75, 3.05) is 0 Å². The zero-order chi connectivity index (χ0) is 17.2. The van der Waals surface area contributed by atoms with Gasteiger partial charge in [-0.1, -0.05) is 22.0 Å². The summed E-state index contributed by atoms with van der Waals surface area (Å²) in [5.74, 6) is 0.559. The van der Waals surface area contributed by atoms with Crippen molar-refractivity contribution in [1.82, 2.24) is 10.2 Å². The molecule has 0 saturated heterocycles. The molecule has 0 aliphatic heterocycles. The van der Waals surface area contributed by atoms with Gasteiger partial charge in [-0.3, -0.25) is 0 Å². The summed E-state index contributed by atoms with van der Waals surface area (Å²) in [4.78, 5) is 0. The van der Waals surface area contributed by atoms with Crippen molar-refractivity contribution in [3.8, 4) is 17.2 Å². The summed E-state index contributed by atoms with van der Waals surface area (Å²) < 4.78 is 49.6. The molecular formula is C16H10BrF3N2O2. The van der Waals surface area contributed by atoms with Crippen LogP contribution >= 0.6 is 15.9 Å². The lowest BCUT2D eigenvalue weighted by Crippen LogP contribution is -2.05. The van der Waals surface area contributed by atoms with Crippen LogP contribution in [0.5, 0.6) is 5.75 Å². The molecule has 0 N–H and O–H groups in total. The molecule has 1 aromatic heterocycles. The highest BCUT2D eigenvalue weighted by atomic mass is 79.9. The molecule has 0 saturated carbocycles. The summed E-state index contributed by atoms with van der Waals surface area (Å²) >= 11 is 3.33. The molecular weight excluding hydrogens is 389 g/mol. The van der Waals surface area contributed by atoms with Crippen LogP contribution in [0.15, 0.2) is 57.4 Å². The molecule has 0 radical (unpaired) electrons. The van der Waals surface area contributed by atoms with Crippen molar-refractivity contribution in [3.63, 3.8) is 0 Å². The van der Waals surface area contributed by atoms with Crippen LogP contribution in [0.3, 0.4) is 0 Å². The topological polar surface area (TPSA) is 48.2 Å². The van der Waals surface area contributed by atoms with Crippen LogP contribution in [0, 0.1) is 0 Å². The summed E-state index contributed by atoms with van der Waals surface area (Å²) in [6, 6.07) is 11.9. The van der Waals surface area contributed by atoms with E-state index in [0.29, 0.717) is 5.89 Å². The van der Waals surface area contributed by atoms with E-state index in [1.54, 1.807) is 12.1 Å². The van der Waals surface area contributed by atoms with E-state index >= 15 is 0 Å². The maximum atomic E-state index is 12.7. The highest BCUT2D eigenvalue weighted by Gasteiger charge is 2.30. The number of alkyl halides is 3. The summed E-state index contributed by atoms with van der Waals surface area (Å²) in [5.41, 5.74) is -0.0444. The quantitative estimate of drug-likeness (QED) is 0.613. The lowest BCUT2D eigenvalue weighted by atomic mass is 10.2. The molecule has 0 fully saturated rings. The Morgan fingerprint density at radius 2 is 1.79 bits per heavy atom. The number of rotatable bonds is 4. The minimum absolute atomic E-state index is 0.0771. The minimum atomic E-state index is -4.42. The van der Waals surface area contributed by atoms with Crippen LogP contribution in [0.1, 0.15) is 11.5 Å². The zero-order valence-corrected chi connectivity index (χ0v) is 13.6. The van der Waals surface area contributed by atoms with Crippen LogP contribution in [0.4, 0.5) is 13.2 Å². The number of halogens is 4. The molecule has 3 rings (SSSR count). The van der Waals surface area contributed by atoms with Crippen molar-refractivity contribution < 1.29 is 22.3 Å². The number of aromatic nitrogens is 2. The fraction of sp³-hybridized carbons (Fsp3) is 0.125. The molecule has 3 aromatic rings. The standard InChI is InChI=1S/C16H10BrF3N2O2/c17-12-6-4-10(5-7-12)15-22-21-14(24-15)9-23-13-3-1-2-11(8-13)16(18,19)20/h1-8H,9H2. The van der Waals surface area contributed by atoms with Crippen molar-refractivity contribution in [2.24, 2.45) is 0 Å². The van der Waals surface area contributed by atoms with E-state index in [1.165, 1.54) is 12.1 Å². The Morgan fingerprint density at radius 1 is 1.04 bits per heavy atom. The van der Waals surface area contributed by atoms with Gasteiger partial charge in [-0.25, -0.2) is 0 Å². The first-order valence-corrected chi connectivity index (χ1v) is 7.59. The zero-order valence-electron chi connectivity index (χ0n) is 12.0. The third-order valence-corrected chi connectivity index (χ3v) is 3.61. The molecule has 0 amide bonds. The van der Waals surface area contributed by atoms with Gasteiger partial charge in [0.15, 0.2) is 6.61 Å². The van der Waals surface area contributed by atoms with Gasteiger partial charge < -0.3 is 9.15 Å². The maximum absolute atomic E-state index is 12.7. The van der Waals surface area contributed by atoms with Crippen molar-refractivity contribution in [1.29, 1.82) is 0 Å². The van der Waals surface area contributed by atoms with Gasteiger partial charge in [-0.05, 0) is 42.5 Å². The van der Waals surface area contributed by atoms with Crippen LogP contribution < -0.4 is 4.74 Å². The smallest absolute Gasteiger partial charge is 0.416 e. The number of ether oxygens (including phenoxy) is 1. The van der Waals surface area contributed by atoms with Gasteiger partial charge in [-0.2, -0.15) is 13.2 Å². The predicted octanol–water partition coefficient (Wildman–Crippen LogP) is 5.10. The normalized spacial score (nSPS) is 11.5. The molecule has 0 aliphatic rings. The van der Waals surface area contributed by atoms with Crippen molar-refractivity contribution in [2.45, 2.75) is 12.8 Å². The van der Waals surface area contributed by atoms with Gasteiger partial charge in [-0.15, -0.1) is 10.2 Å². The van der Waals surface area contributed by atoms with Crippen molar-refractivity contribution >= 4 is 15.9 Å². The summed E-state index contributed by atoms with van der Waals surface area (Å²) in [5, 5.41) is 7.72. The number of benzene rings is 2. The Labute approximate surface area is 143 Å². The van der Waals surface area contributed by atoms with E-state index in [-0.39, 0.29) is 18.2 Å². The lowest BCUT2D eigenvalue weighted by Gasteiger charge is -2.08. The van der Waals surface area contributed by atoms with E-state index < -0.39 is 11.7 Å². The summed E-state index contributed by atoms with van der Waals surface area (Å²) in [7, 11) is 0. The molecule has 4 nitrogen and oxygen atoms in total. The SMILES string of the molecule is FC(F)(F)c1cccc(OCc2nnc(-c3ccc(Br)cc3)o2)c1. The lowest BCUT2D eigenvalue weighted by molar-refractivity contribution is -0.137. The van der Waals surface area contributed by atoms with Gasteiger partial charge in [0.1, 0.15) is 5.75 Å². The highest BCUT2D eigenvalue weighted by Crippen LogP contribution is 2.31. The molecule has 0 unspecified atom stereocenters. The summed E-state index contributed by atoms with van der Waals surface area (Å²) in [6.45, 7) is -0.120. The second-order valence-electron chi connectivity index (χ2n) is 4.82. The third-order valence-electron chi connectivity index (χ3n) is 3.08. The fourth-order valence-corrected chi connectivity index (χ4v) is 2.19. The van der Waals surface area contributed by atoms with E-state index in [1.807, 2.05) is 12.1 Å². The van der Waals surface area contributed by atoms with Gasteiger partial charge in [0, 0.05) is 10.0 Å². The molecule has 0 bridgehead atoms. The van der Waals surface area contributed by atoms with Crippen LogP contribution in [-0.4, -0.2) is 10.2 Å². The van der Waals surface area contributed by atoms with Crippen LogP contribution in [0.2, 0.25) is 0 Å². The number of hydrogen-bond donors (Lipinski definition) is 0. The van der Waals surface area contributed by atoms with Gasteiger partial charge in [0.2, 0.25) is 5.89 Å². The fourth-order valence-electron chi connectivity index (χ4n) is 1.93. The molecule has 0 spiro atoms. The Balaban J connectivity index is 1.69. The number of hydrogen-bond acceptors (Lipinski definition) is 4. The van der Waals surface area contributed by atoms with Gasteiger partial charge in [0.05, 0.1) is 5.56 Å². The first-order chi connectivity index (χ1) is 11.4. The molecule has 0 atom stereocenters. The number of nitrogens with zero attached hydrogens (tertiary/aromatic N) is 2. The maximum Gasteiger partial charge on any atom is 0.416 e. The Hall–Kier alpha value is -2.35. The monoisotopic (exact) mass is 398 g/mol. The Bertz CT molecular complexity index is 832. The summed E-state index contributed by atoms with van der Waals surface area (Å²) in [6.07, 6.45) is -4.42. The molecule has 2 aromatic carbocycles.